The third-order valence-corrected chi connectivity index (χ3v) is 3.91. The van der Waals surface area contributed by atoms with E-state index in [2.05, 4.69) is 0 Å². The number of hydrogen-bond donors (Lipinski definition) is 0. The quantitative estimate of drug-likeness (QED) is 0.514. The summed E-state index contributed by atoms with van der Waals surface area (Å²) in [4.78, 5) is 36.0. The molecule has 0 bridgehead atoms. The molecule has 3 rings (SSSR count). The lowest BCUT2D eigenvalue weighted by atomic mass is 10.2. The molecule has 0 fully saturated rings. The number of nitrogens with zero attached hydrogens (tertiary/aromatic N) is 3. The number of benzene rings is 2. The zero-order valence-electron chi connectivity index (χ0n) is 13.7. The van der Waals surface area contributed by atoms with Crippen molar-refractivity contribution in [2.24, 2.45) is 0 Å². The van der Waals surface area contributed by atoms with Crippen LogP contribution in [0.4, 0.5) is 10.1 Å². The maximum atomic E-state index is 12.9. The van der Waals surface area contributed by atoms with Crippen molar-refractivity contribution in [1.29, 1.82) is 0 Å². The van der Waals surface area contributed by atoms with Gasteiger partial charge < -0.3 is 9.32 Å². The highest BCUT2D eigenvalue weighted by Crippen LogP contribution is 2.20. The van der Waals surface area contributed by atoms with E-state index in [9.17, 15) is 24.1 Å². The van der Waals surface area contributed by atoms with E-state index in [-0.39, 0.29) is 36.1 Å². The zero-order valence-corrected chi connectivity index (χ0v) is 13.7. The van der Waals surface area contributed by atoms with Gasteiger partial charge in [0.15, 0.2) is 5.58 Å². The lowest BCUT2D eigenvalue weighted by molar-refractivity contribution is -0.384. The third kappa shape index (κ3) is 3.46. The van der Waals surface area contributed by atoms with Gasteiger partial charge in [0.1, 0.15) is 12.4 Å². The fourth-order valence-electron chi connectivity index (χ4n) is 2.53. The summed E-state index contributed by atoms with van der Waals surface area (Å²) in [7, 11) is 1.56. The zero-order chi connectivity index (χ0) is 18.8. The maximum absolute atomic E-state index is 12.9. The summed E-state index contributed by atoms with van der Waals surface area (Å²) in [5.74, 6) is -1.50. The number of halogens is 1. The van der Waals surface area contributed by atoms with Gasteiger partial charge in [-0.15, -0.1) is 0 Å². The molecule has 9 heteroatoms. The second-order valence-corrected chi connectivity index (χ2v) is 5.74. The molecule has 1 heterocycles. The van der Waals surface area contributed by atoms with Crippen LogP contribution in [0.15, 0.2) is 51.7 Å². The van der Waals surface area contributed by atoms with Crippen LogP contribution in [0.2, 0.25) is 0 Å². The van der Waals surface area contributed by atoms with Crippen LogP contribution in [0.1, 0.15) is 5.56 Å². The molecule has 0 unspecified atom stereocenters. The van der Waals surface area contributed by atoms with Crippen LogP contribution in [0.5, 0.6) is 0 Å². The highest BCUT2D eigenvalue weighted by molar-refractivity contribution is 5.80. The van der Waals surface area contributed by atoms with Crippen molar-refractivity contribution in [3.63, 3.8) is 0 Å². The van der Waals surface area contributed by atoms with E-state index < -0.39 is 10.7 Å². The third-order valence-electron chi connectivity index (χ3n) is 3.91. The van der Waals surface area contributed by atoms with Gasteiger partial charge in [0, 0.05) is 19.7 Å². The SMILES string of the molecule is CN(Cc1ccc(F)cc1)C(=O)Cn1c(=O)oc2cc([N+](=O)[O-])ccc21. The van der Waals surface area contributed by atoms with Crippen LogP contribution >= 0.6 is 0 Å². The molecule has 0 atom stereocenters. The van der Waals surface area contributed by atoms with Gasteiger partial charge in [-0.2, -0.15) is 0 Å². The van der Waals surface area contributed by atoms with Crippen LogP contribution in [0.25, 0.3) is 11.1 Å². The van der Waals surface area contributed by atoms with Crippen molar-refractivity contribution in [1.82, 2.24) is 9.47 Å². The number of aromatic nitrogens is 1. The molecule has 0 aliphatic rings. The second-order valence-electron chi connectivity index (χ2n) is 5.74. The highest BCUT2D eigenvalue weighted by Gasteiger charge is 2.18. The summed E-state index contributed by atoms with van der Waals surface area (Å²) in [6, 6.07) is 9.48. The van der Waals surface area contributed by atoms with Gasteiger partial charge in [-0.3, -0.25) is 19.5 Å². The number of nitro benzene ring substituents is 1. The van der Waals surface area contributed by atoms with E-state index >= 15 is 0 Å². The van der Waals surface area contributed by atoms with Crippen molar-refractivity contribution in [3.05, 3.63) is 74.5 Å². The number of nitro groups is 1. The molecule has 0 saturated carbocycles. The first-order valence-electron chi connectivity index (χ1n) is 7.61. The average Bonchev–Trinajstić information content (AvgIpc) is 2.91. The molecule has 26 heavy (non-hydrogen) atoms. The smallest absolute Gasteiger partial charge is 0.407 e. The number of likely N-dealkylation sites (N-methyl/N-ethyl adjacent to an activating group) is 1. The van der Waals surface area contributed by atoms with Crippen molar-refractivity contribution < 1.29 is 18.5 Å². The minimum Gasteiger partial charge on any atom is -0.407 e. The summed E-state index contributed by atoms with van der Waals surface area (Å²) in [6.07, 6.45) is 0. The first-order chi connectivity index (χ1) is 12.3. The van der Waals surface area contributed by atoms with Crippen LogP contribution in [0.3, 0.4) is 0 Å². The largest absolute Gasteiger partial charge is 0.420 e. The van der Waals surface area contributed by atoms with E-state index in [0.717, 1.165) is 16.2 Å². The van der Waals surface area contributed by atoms with Gasteiger partial charge in [0.25, 0.3) is 5.69 Å². The molecule has 2 aromatic carbocycles. The Morgan fingerprint density at radius 2 is 1.96 bits per heavy atom. The van der Waals surface area contributed by atoms with E-state index in [0.29, 0.717) is 5.52 Å². The fraction of sp³-hybridized carbons (Fsp3) is 0.176. The Balaban J connectivity index is 1.80. The number of fused-ring (bicyclic) bond motifs is 1. The van der Waals surface area contributed by atoms with Gasteiger partial charge in [-0.1, -0.05) is 12.1 Å². The van der Waals surface area contributed by atoms with Gasteiger partial charge in [0.2, 0.25) is 5.91 Å². The predicted octanol–water partition coefficient (Wildman–Crippen LogP) is 2.30. The summed E-state index contributed by atoms with van der Waals surface area (Å²) >= 11 is 0. The number of oxazole rings is 1. The number of hydrogen-bond acceptors (Lipinski definition) is 5. The Morgan fingerprint density at radius 1 is 1.27 bits per heavy atom. The van der Waals surface area contributed by atoms with E-state index in [1.165, 1.54) is 29.2 Å². The summed E-state index contributed by atoms with van der Waals surface area (Å²) in [6.45, 7) is -0.0313. The molecule has 1 amide bonds. The average molecular weight is 359 g/mol. The molecule has 0 aliphatic carbocycles. The monoisotopic (exact) mass is 359 g/mol. The molecule has 0 aliphatic heterocycles. The molecule has 0 N–H and O–H groups in total. The molecular formula is C17H14FN3O5. The number of carbonyl (C=O) groups excluding carboxylic acids is 1. The lowest BCUT2D eigenvalue weighted by Crippen LogP contribution is -2.32. The maximum Gasteiger partial charge on any atom is 0.420 e. The van der Waals surface area contributed by atoms with Gasteiger partial charge in [-0.05, 0) is 23.8 Å². The van der Waals surface area contributed by atoms with Gasteiger partial charge in [0.05, 0.1) is 16.5 Å². The molecule has 8 nitrogen and oxygen atoms in total. The molecule has 0 spiro atoms. The van der Waals surface area contributed by atoms with Gasteiger partial charge >= 0.3 is 5.76 Å². The molecule has 0 saturated heterocycles. The topological polar surface area (TPSA) is 98.6 Å². The number of non-ortho nitro benzene ring substituents is 1. The van der Waals surface area contributed by atoms with E-state index in [1.54, 1.807) is 19.2 Å². The standard InChI is InChI=1S/C17H14FN3O5/c1-19(9-11-2-4-12(18)5-3-11)16(22)10-20-14-7-6-13(21(24)25)8-15(14)26-17(20)23/h2-8H,9-10H2,1H3. The summed E-state index contributed by atoms with van der Waals surface area (Å²) in [5.41, 5.74) is 0.864. The summed E-state index contributed by atoms with van der Waals surface area (Å²) in [5, 5.41) is 10.8. The minimum absolute atomic E-state index is 0.0400. The van der Waals surface area contributed by atoms with Crippen LogP contribution in [0, 0.1) is 15.9 Å². The van der Waals surface area contributed by atoms with Crippen LogP contribution in [-0.2, 0) is 17.9 Å². The first-order valence-corrected chi connectivity index (χ1v) is 7.61. The second kappa shape index (κ2) is 6.79. The summed E-state index contributed by atoms with van der Waals surface area (Å²) < 4.78 is 19.0. The molecule has 3 aromatic rings. The lowest BCUT2D eigenvalue weighted by Gasteiger charge is -2.17. The van der Waals surface area contributed by atoms with Crippen LogP contribution in [-0.4, -0.2) is 27.3 Å². The molecule has 134 valence electrons. The predicted molar refractivity (Wildman–Crippen MR) is 90.0 cm³/mol. The Labute approximate surface area is 146 Å². The number of rotatable bonds is 5. The van der Waals surface area contributed by atoms with Crippen molar-refractivity contribution in [2.75, 3.05) is 7.05 Å². The highest BCUT2D eigenvalue weighted by atomic mass is 19.1. The fourth-order valence-corrected chi connectivity index (χ4v) is 2.53. The van der Waals surface area contributed by atoms with E-state index in [4.69, 9.17) is 4.42 Å². The Bertz CT molecular complexity index is 1040. The van der Waals surface area contributed by atoms with E-state index in [1.807, 2.05) is 0 Å². The molecule has 1 aromatic heterocycles. The number of carbonyl (C=O) groups is 1. The minimum atomic E-state index is -0.774. The van der Waals surface area contributed by atoms with Crippen LogP contribution < -0.4 is 5.76 Å². The Hall–Kier alpha value is -3.49. The first kappa shape index (κ1) is 17.3. The van der Waals surface area contributed by atoms with Crippen molar-refractivity contribution in [3.8, 4) is 0 Å². The van der Waals surface area contributed by atoms with Gasteiger partial charge in [-0.25, -0.2) is 9.18 Å². The Morgan fingerprint density at radius 3 is 2.62 bits per heavy atom. The van der Waals surface area contributed by atoms with Crippen molar-refractivity contribution >= 4 is 22.7 Å². The van der Waals surface area contributed by atoms with Crippen molar-refractivity contribution in [2.45, 2.75) is 13.1 Å². The molecular weight excluding hydrogens is 345 g/mol. The normalized spacial score (nSPS) is 10.8. The Kier molecular flexibility index (Phi) is 4.53. The molecule has 0 radical (unpaired) electrons. The number of amides is 1.